The Hall–Kier alpha value is -2.72. The van der Waals surface area contributed by atoms with Crippen LogP contribution < -0.4 is 0 Å². The van der Waals surface area contributed by atoms with Gasteiger partial charge in [0.25, 0.3) is 0 Å². The number of ether oxygens (including phenoxy) is 7. The van der Waals surface area contributed by atoms with Gasteiger partial charge in [-0.1, -0.05) is 109 Å². The maximum Gasteiger partial charge on any atom is 0.305 e. The zero-order chi connectivity index (χ0) is 48.9. The van der Waals surface area contributed by atoms with Crippen LogP contribution in [0.3, 0.4) is 0 Å². The van der Waals surface area contributed by atoms with E-state index in [0.717, 1.165) is 141 Å². The quantitative estimate of drug-likeness (QED) is 0.0194. The molecule has 2 atom stereocenters. The third-order valence-electron chi connectivity index (χ3n) is 13.9. The predicted octanol–water partition coefficient (Wildman–Crippen LogP) is 15.6. The van der Waals surface area contributed by atoms with E-state index < -0.39 is 12.6 Å². The first-order valence-electron chi connectivity index (χ1n) is 27.8. The van der Waals surface area contributed by atoms with Gasteiger partial charge in [0, 0.05) is 55.5 Å². The van der Waals surface area contributed by atoms with Crippen molar-refractivity contribution in [3.63, 3.8) is 0 Å². The number of rotatable bonds is 45. The average Bonchev–Trinajstić information content (AvgIpc) is 3.32. The summed E-state index contributed by atoms with van der Waals surface area (Å²) in [6.07, 6.45) is 47.7. The molecule has 2 unspecified atom stereocenters. The van der Waals surface area contributed by atoms with Gasteiger partial charge < -0.3 is 33.2 Å². The SMILES string of the molecule is C=COCC12CC3CC(COC(=O)CCC(OCCCC/C=C\CCC)OCCCC/C=C\CCC)(C1)CC(COC(=O)CCC(OCCCC/C=C\CCC)OCCCC/C=C\CCC)(C3)C2. The fourth-order valence-electron chi connectivity index (χ4n) is 11.2. The summed E-state index contributed by atoms with van der Waals surface area (Å²) < 4.78 is 43.3. The second-order valence-corrected chi connectivity index (χ2v) is 20.8. The van der Waals surface area contributed by atoms with Crippen LogP contribution in [-0.4, -0.2) is 70.8 Å². The molecule has 4 fully saturated rings. The molecule has 0 aromatic rings. The molecular formula is C59H100O9. The predicted molar refractivity (Wildman–Crippen MR) is 278 cm³/mol. The molecule has 4 aliphatic rings. The minimum absolute atomic E-state index is 0.0683. The third kappa shape index (κ3) is 25.9. The van der Waals surface area contributed by atoms with Crippen LogP contribution in [-0.2, 0) is 42.7 Å². The zero-order valence-corrected chi connectivity index (χ0v) is 44.0. The number of hydrogen-bond donors (Lipinski definition) is 0. The standard InChI is InChI=1S/C59H100O9/c1-6-11-15-19-23-27-31-39-63-55(64-40-32-28-24-20-16-12-7-2)37-35-53(60)67-50-58-44-52-43-57(46-58,49-62-10-5)47-59(45-52,48-58)51-68-54(61)36-38-56(65-41-33-29-25-21-17-13-8-3)66-42-34-30-26-22-18-14-9-4/h10,15-22,52,55-56H,5-9,11-14,23-51H2,1-4H3/b19-15-,20-16-,21-17-,22-18-. The van der Waals surface area contributed by atoms with Gasteiger partial charge in [0.2, 0.25) is 0 Å². The van der Waals surface area contributed by atoms with Crippen LogP contribution in [0.25, 0.3) is 0 Å². The van der Waals surface area contributed by atoms with E-state index in [0.29, 0.717) is 65.0 Å². The molecule has 9 heteroatoms. The summed E-state index contributed by atoms with van der Waals surface area (Å²) in [5, 5.41) is 0. The van der Waals surface area contributed by atoms with Crippen LogP contribution in [0.4, 0.5) is 0 Å². The molecule has 4 bridgehead atoms. The lowest BCUT2D eigenvalue weighted by Crippen LogP contribution is -2.60. The Labute approximate surface area is 416 Å². The summed E-state index contributed by atoms with van der Waals surface area (Å²) in [5.74, 6) is 0.0510. The molecule has 0 aromatic heterocycles. The number of carbonyl (C=O) groups excluding carboxylic acids is 2. The lowest BCUT2D eigenvalue weighted by atomic mass is 9.40. The molecule has 4 aliphatic carbocycles. The van der Waals surface area contributed by atoms with Crippen molar-refractivity contribution in [2.45, 2.75) is 233 Å². The Kier molecular flexibility index (Phi) is 32.5. The highest BCUT2D eigenvalue weighted by molar-refractivity contribution is 5.69. The Morgan fingerprint density at radius 2 is 0.779 bits per heavy atom. The fraction of sp³-hybridized carbons (Fsp3) is 0.797. The van der Waals surface area contributed by atoms with Crippen LogP contribution in [0.1, 0.15) is 220 Å². The minimum Gasteiger partial charge on any atom is -0.501 e. The van der Waals surface area contributed by atoms with Crippen molar-refractivity contribution in [3.8, 4) is 0 Å². The maximum absolute atomic E-state index is 13.5. The number of unbranched alkanes of at least 4 members (excludes halogenated alkanes) is 12. The molecule has 4 rings (SSSR count). The van der Waals surface area contributed by atoms with Crippen LogP contribution in [0, 0.1) is 22.2 Å². The Balaban J connectivity index is 1.55. The topological polar surface area (TPSA) is 98.8 Å². The second-order valence-electron chi connectivity index (χ2n) is 20.8. The van der Waals surface area contributed by atoms with Crippen LogP contribution >= 0.6 is 0 Å². The van der Waals surface area contributed by atoms with Gasteiger partial charge in [0.15, 0.2) is 12.6 Å². The third-order valence-corrected chi connectivity index (χ3v) is 13.9. The van der Waals surface area contributed by atoms with Gasteiger partial charge in [0.05, 0.1) is 38.9 Å². The largest absolute Gasteiger partial charge is 0.501 e. The first kappa shape index (κ1) is 59.6. The van der Waals surface area contributed by atoms with Gasteiger partial charge in [-0.3, -0.25) is 9.59 Å². The summed E-state index contributed by atoms with van der Waals surface area (Å²) >= 11 is 0. The molecule has 0 aliphatic heterocycles. The highest BCUT2D eigenvalue weighted by Gasteiger charge is 2.64. The molecule has 0 saturated heterocycles. The molecule has 9 nitrogen and oxygen atoms in total. The molecule has 0 aromatic carbocycles. The summed E-state index contributed by atoms with van der Waals surface area (Å²) in [5.41, 5.74) is -0.430. The fourth-order valence-corrected chi connectivity index (χ4v) is 11.2. The molecular weight excluding hydrogens is 853 g/mol. The van der Waals surface area contributed by atoms with Crippen molar-refractivity contribution < 1.29 is 42.7 Å². The van der Waals surface area contributed by atoms with Gasteiger partial charge in [-0.15, -0.1) is 0 Å². The number of esters is 2. The first-order valence-corrected chi connectivity index (χ1v) is 27.8. The average molecular weight is 953 g/mol. The van der Waals surface area contributed by atoms with Crippen molar-refractivity contribution in [1.29, 1.82) is 0 Å². The van der Waals surface area contributed by atoms with E-state index in [1.54, 1.807) is 6.26 Å². The minimum atomic E-state index is -0.426. The highest BCUT2D eigenvalue weighted by Crippen LogP contribution is 2.70. The van der Waals surface area contributed by atoms with E-state index in [-0.39, 0.29) is 41.0 Å². The molecule has 390 valence electrons. The van der Waals surface area contributed by atoms with E-state index in [1.165, 1.54) is 25.7 Å². The van der Waals surface area contributed by atoms with E-state index >= 15 is 0 Å². The van der Waals surface area contributed by atoms with Gasteiger partial charge in [-0.05, 0) is 147 Å². The monoisotopic (exact) mass is 953 g/mol. The summed E-state index contributed by atoms with van der Waals surface area (Å²) in [7, 11) is 0. The smallest absolute Gasteiger partial charge is 0.305 e. The summed E-state index contributed by atoms with van der Waals surface area (Å²) in [6, 6.07) is 0. The second kappa shape index (κ2) is 37.1. The van der Waals surface area contributed by atoms with Gasteiger partial charge >= 0.3 is 11.9 Å². The molecule has 0 radical (unpaired) electrons. The molecule has 0 N–H and O–H groups in total. The number of allylic oxidation sites excluding steroid dienone is 8. The zero-order valence-electron chi connectivity index (χ0n) is 44.0. The van der Waals surface area contributed by atoms with Crippen LogP contribution in [0.5, 0.6) is 0 Å². The van der Waals surface area contributed by atoms with Crippen molar-refractivity contribution in [3.05, 3.63) is 61.4 Å². The van der Waals surface area contributed by atoms with Crippen molar-refractivity contribution in [2.75, 3.05) is 46.2 Å². The lowest BCUT2D eigenvalue weighted by Gasteiger charge is -2.66. The van der Waals surface area contributed by atoms with Gasteiger partial charge in [0.1, 0.15) is 0 Å². The van der Waals surface area contributed by atoms with Crippen LogP contribution in [0.2, 0.25) is 0 Å². The molecule has 0 spiro atoms. The normalized spacial score (nSPS) is 22.3. The van der Waals surface area contributed by atoms with E-state index in [1.807, 2.05) is 0 Å². The Morgan fingerprint density at radius 1 is 0.471 bits per heavy atom. The van der Waals surface area contributed by atoms with Gasteiger partial charge in [-0.2, -0.15) is 0 Å². The molecule has 68 heavy (non-hydrogen) atoms. The molecule has 0 amide bonds. The summed E-state index contributed by atoms with van der Waals surface area (Å²) in [6.45, 7) is 16.4. The van der Waals surface area contributed by atoms with Crippen LogP contribution in [0.15, 0.2) is 61.4 Å². The van der Waals surface area contributed by atoms with E-state index in [4.69, 9.17) is 33.2 Å². The van der Waals surface area contributed by atoms with Crippen molar-refractivity contribution in [1.82, 2.24) is 0 Å². The van der Waals surface area contributed by atoms with E-state index in [2.05, 4.69) is 82.9 Å². The summed E-state index contributed by atoms with van der Waals surface area (Å²) in [4.78, 5) is 27.1. The molecule has 4 saturated carbocycles. The first-order chi connectivity index (χ1) is 33.2. The number of hydrogen-bond acceptors (Lipinski definition) is 9. The van der Waals surface area contributed by atoms with Crippen molar-refractivity contribution in [2.24, 2.45) is 22.2 Å². The van der Waals surface area contributed by atoms with Crippen molar-refractivity contribution >= 4 is 11.9 Å². The van der Waals surface area contributed by atoms with E-state index in [9.17, 15) is 9.59 Å². The van der Waals surface area contributed by atoms with Gasteiger partial charge in [-0.25, -0.2) is 0 Å². The Morgan fingerprint density at radius 3 is 1.09 bits per heavy atom. The lowest BCUT2D eigenvalue weighted by molar-refractivity contribution is -0.210. The highest BCUT2D eigenvalue weighted by atomic mass is 16.7. The number of carbonyl (C=O) groups is 2. The Bertz CT molecular complexity index is 1290. The maximum atomic E-state index is 13.5. The molecule has 0 heterocycles.